The van der Waals surface area contributed by atoms with Crippen LogP contribution in [0.2, 0.25) is 0 Å². The monoisotopic (exact) mass is 402 g/mol. The fourth-order valence-electron chi connectivity index (χ4n) is 3.94. The van der Waals surface area contributed by atoms with Gasteiger partial charge in [0, 0.05) is 24.3 Å². The van der Waals surface area contributed by atoms with Gasteiger partial charge in [-0.25, -0.2) is 8.42 Å². The summed E-state index contributed by atoms with van der Waals surface area (Å²) in [6.07, 6.45) is 0. The third-order valence-electron chi connectivity index (χ3n) is 5.55. The van der Waals surface area contributed by atoms with Gasteiger partial charge in [-0.1, -0.05) is 30.3 Å². The normalized spacial score (nSPS) is 19.6. The van der Waals surface area contributed by atoms with Crippen molar-refractivity contribution in [2.24, 2.45) is 0 Å². The average Bonchev–Trinajstić information content (AvgIpc) is 2.76. The topological polar surface area (TPSA) is 54.3 Å². The van der Waals surface area contributed by atoms with Crippen LogP contribution in [0.3, 0.4) is 0 Å². The Morgan fingerprint density at radius 2 is 1.61 bits per heavy atom. The van der Waals surface area contributed by atoms with Crippen molar-refractivity contribution in [2.75, 3.05) is 57.4 Å². The molecule has 6 nitrogen and oxygen atoms in total. The molecular formula is C21H28N3O3S+. The number of quaternary nitrogens is 1. The van der Waals surface area contributed by atoms with E-state index in [1.54, 1.807) is 6.07 Å². The van der Waals surface area contributed by atoms with Gasteiger partial charge >= 0.3 is 0 Å². The van der Waals surface area contributed by atoms with Crippen molar-refractivity contribution < 1.29 is 18.1 Å². The molecule has 28 heavy (non-hydrogen) atoms. The first-order valence-corrected chi connectivity index (χ1v) is 11.4. The van der Waals surface area contributed by atoms with E-state index in [0.29, 0.717) is 31.2 Å². The number of anilines is 1. The minimum Gasteiger partial charge on any atom is -0.379 e. The predicted octanol–water partition coefficient (Wildman–Crippen LogP) is 0.613. The van der Waals surface area contributed by atoms with Crippen molar-refractivity contribution in [3.63, 3.8) is 0 Å². The van der Waals surface area contributed by atoms with Crippen molar-refractivity contribution in [3.05, 3.63) is 60.2 Å². The second kappa shape index (κ2) is 8.61. The van der Waals surface area contributed by atoms with Crippen molar-refractivity contribution in [2.45, 2.75) is 11.4 Å². The van der Waals surface area contributed by atoms with Crippen LogP contribution in [0.1, 0.15) is 5.56 Å². The molecule has 0 aromatic heterocycles. The number of para-hydroxylation sites is 1. The van der Waals surface area contributed by atoms with E-state index in [4.69, 9.17) is 4.74 Å². The minimum absolute atomic E-state index is 0.397. The highest BCUT2D eigenvalue weighted by Gasteiger charge is 2.27. The molecule has 2 aliphatic rings. The van der Waals surface area contributed by atoms with Gasteiger partial charge in [0.2, 0.25) is 10.0 Å². The van der Waals surface area contributed by atoms with Crippen LogP contribution >= 0.6 is 0 Å². The summed E-state index contributed by atoms with van der Waals surface area (Å²) < 4.78 is 32.6. The average molecular weight is 403 g/mol. The summed E-state index contributed by atoms with van der Waals surface area (Å²) >= 11 is 0. The summed E-state index contributed by atoms with van der Waals surface area (Å²) in [5.74, 6) is 0. The zero-order valence-corrected chi connectivity index (χ0v) is 16.9. The lowest BCUT2D eigenvalue weighted by atomic mass is 10.2. The number of nitrogens with one attached hydrogen (secondary N) is 1. The summed E-state index contributed by atoms with van der Waals surface area (Å²) in [7, 11) is -3.43. The third kappa shape index (κ3) is 4.38. The summed E-state index contributed by atoms with van der Waals surface area (Å²) in [5.41, 5.74) is 2.36. The molecule has 0 atom stereocenters. The Balaban J connectivity index is 1.39. The highest BCUT2D eigenvalue weighted by atomic mass is 32.2. The molecule has 0 radical (unpaired) electrons. The molecule has 2 fully saturated rings. The Hall–Kier alpha value is -1.93. The third-order valence-corrected chi connectivity index (χ3v) is 7.45. The van der Waals surface area contributed by atoms with Gasteiger partial charge in [0.1, 0.15) is 6.54 Å². The van der Waals surface area contributed by atoms with E-state index in [0.717, 1.165) is 38.3 Å². The quantitative estimate of drug-likeness (QED) is 0.797. The lowest BCUT2D eigenvalue weighted by molar-refractivity contribution is -0.914. The number of nitrogens with zero attached hydrogens (tertiary/aromatic N) is 2. The number of sulfonamides is 1. The summed E-state index contributed by atoms with van der Waals surface area (Å²) in [4.78, 5) is 4.31. The molecule has 4 rings (SSSR count). The molecule has 2 aromatic carbocycles. The molecule has 2 heterocycles. The van der Waals surface area contributed by atoms with Gasteiger partial charge in [0.15, 0.2) is 0 Å². The molecular weight excluding hydrogens is 374 g/mol. The molecule has 0 bridgehead atoms. The number of hydrogen-bond acceptors (Lipinski definition) is 4. The molecule has 2 aliphatic heterocycles. The molecule has 150 valence electrons. The van der Waals surface area contributed by atoms with Gasteiger partial charge in [0.05, 0.1) is 44.3 Å². The molecule has 2 aromatic rings. The molecule has 1 N–H and O–H groups in total. The van der Waals surface area contributed by atoms with E-state index in [-0.39, 0.29) is 0 Å². The van der Waals surface area contributed by atoms with E-state index in [1.165, 1.54) is 14.9 Å². The first-order chi connectivity index (χ1) is 13.6. The van der Waals surface area contributed by atoms with Gasteiger partial charge < -0.3 is 14.5 Å². The predicted molar refractivity (Wildman–Crippen MR) is 109 cm³/mol. The van der Waals surface area contributed by atoms with E-state index in [2.05, 4.69) is 29.2 Å². The molecule has 7 heteroatoms. The van der Waals surface area contributed by atoms with Crippen molar-refractivity contribution in [1.82, 2.24) is 4.31 Å². The van der Waals surface area contributed by atoms with Crippen molar-refractivity contribution >= 4 is 15.7 Å². The van der Waals surface area contributed by atoms with Gasteiger partial charge in [-0.05, 0) is 24.3 Å². The standard InChI is InChI=1S/C21H27N3O3S/c25-28(26,24-13-15-27-16-14-24)21-8-4-5-19(17-21)18-22-9-11-23(12-10-22)20-6-2-1-3-7-20/h1-8,17H,9-16,18H2/p+1. The highest BCUT2D eigenvalue weighted by Crippen LogP contribution is 2.18. The van der Waals surface area contributed by atoms with E-state index >= 15 is 0 Å². The van der Waals surface area contributed by atoms with Gasteiger partial charge in [-0.15, -0.1) is 0 Å². The second-order valence-electron chi connectivity index (χ2n) is 7.41. The van der Waals surface area contributed by atoms with Gasteiger partial charge in [0.25, 0.3) is 0 Å². The molecule has 0 aliphatic carbocycles. The molecule has 0 amide bonds. The Labute approximate surface area is 167 Å². The van der Waals surface area contributed by atoms with Crippen molar-refractivity contribution in [1.29, 1.82) is 0 Å². The van der Waals surface area contributed by atoms with E-state index in [9.17, 15) is 8.42 Å². The van der Waals surface area contributed by atoms with Gasteiger partial charge in [-0.2, -0.15) is 4.31 Å². The van der Waals surface area contributed by atoms with Crippen LogP contribution in [-0.2, 0) is 21.3 Å². The number of benzene rings is 2. The Bertz CT molecular complexity index is 875. The fraction of sp³-hybridized carbons (Fsp3) is 0.429. The zero-order chi connectivity index (χ0) is 19.4. The minimum atomic E-state index is -3.43. The van der Waals surface area contributed by atoms with Crippen LogP contribution < -0.4 is 9.80 Å². The largest absolute Gasteiger partial charge is 0.379 e. The van der Waals surface area contributed by atoms with Crippen LogP contribution in [0.15, 0.2) is 59.5 Å². The first-order valence-electron chi connectivity index (χ1n) is 9.93. The number of hydrogen-bond donors (Lipinski definition) is 1. The smallest absolute Gasteiger partial charge is 0.243 e. The number of ether oxygens (including phenoxy) is 1. The summed E-state index contributed by atoms with van der Waals surface area (Å²) in [5, 5.41) is 0. The molecule has 0 unspecified atom stereocenters. The first kappa shape index (κ1) is 19.4. The Morgan fingerprint density at radius 1 is 0.893 bits per heavy atom. The molecule has 0 saturated carbocycles. The lowest BCUT2D eigenvalue weighted by Crippen LogP contribution is -3.13. The van der Waals surface area contributed by atoms with Crippen molar-refractivity contribution in [3.8, 4) is 0 Å². The highest BCUT2D eigenvalue weighted by molar-refractivity contribution is 7.89. The maximum atomic E-state index is 12.9. The Kier molecular flexibility index (Phi) is 5.96. The summed E-state index contributed by atoms with van der Waals surface area (Å²) in [6.45, 7) is 6.79. The molecule has 2 saturated heterocycles. The number of rotatable bonds is 5. The van der Waals surface area contributed by atoms with Crippen LogP contribution in [0.25, 0.3) is 0 Å². The lowest BCUT2D eigenvalue weighted by Gasteiger charge is -2.33. The van der Waals surface area contributed by atoms with Crippen LogP contribution in [-0.4, -0.2) is 65.2 Å². The number of piperazine rings is 1. The van der Waals surface area contributed by atoms with Crippen LogP contribution in [0, 0.1) is 0 Å². The number of morpholine rings is 1. The Morgan fingerprint density at radius 3 is 2.32 bits per heavy atom. The van der Waals surface area contributed by atoms with E-state index < -0.39 is 10.0 Å². The summed E-state index contributed by atoms with van der Waals surface area (Å²) in [6, 6.07) is 18.0. The van der Waals surface area contributed by atoms with E-state index in [1.807, 2.05) is 24.3 Å². The molecule has 0 spiro atoms. The maximum absolute atomic E-state index is 12.9. The fourth-order valence-corrected chi connectivity index (χ4v) is 5.42. The second-order valence-corrected chi connectivity index (χ2v) is 9.35. The maximum Gasteiger partial charge on any atom is 0.243 e. The van der Waals surface area contributed by atoms with Crippen LogP contribution in [0.4, 0.5) is 5.69 Å². The van der Waals surface area contributed by atoms with Gasteiger partial charge in [-0.3, -0.25) is 0 Å². The van der Waals surface area contributed by atoms with Crippen LogP contribution in [0.5, 0.6) is 0 Å². The zero-order valence-electron chi connectivity index (χ0n) is 16.1. The SMILES string of the molecule is O=S(=O)(c1cccc(C[NH+]2CCN(c3ccccc3)CC2)c1)N1CCOCC1.